The first-order chi connectivity index (χ1) is 8.72. The van der Waals surface area contributed by atoms with Crippen LogP contribution in [0.3, 0.4) is 0 Å². The standard InChI is InChI=1S/C13H8BrNOS2/c14-12-4-3-11(18-12)13(16)15-9-1-2-10-8(7-9)5-6-17-10/h1-7H,(H,15,16). The molecule has 0 bridgehead atoms. The van der Waals surface area contributed by atoms with Gasteiger partial charge in [0, 0.05) is 10.4 Å². The highest BCUT2D eigenvalue weighted by Crippen LogP contribution is 2.26. The Kier molecular flexibility index (Phi) is 3.20. The van der Waals surface area contributed by atoms with E-state index in [1.807, 2.05) is 35.7 Å². The Morgan fingerprint density at radius 1 is 1.17 bits per heavy atom. The van der Waals surface area contributed by atoms with Gasteiger partial charge >= 0.3 is 0 Å². The molecule has 90 valence electrons. The fourth-order valence-electron chi connectivity index (χ4n) is 1.67. The van der Waals surface area contributed by atoms with Crippen molar-refractivity contribution in [1.82, 2.24) is 0 Å². The van der Waals surface area contributed by atoms with Crippen molar-refractivity contribution in [1.29, 1.82) is 0 Å². The zero-order valence-corrected chi connectivity index (χ0v) is 12.4. The molecule has 1 aromatic carbocycles. The van der Waals surface area contributed by atoms with Crippen LogP contribution in [0.5, 0.6) is 0 Å². The molecule has 0 unspecified atom stereocenters. The number of halogens is 1. The third-order valence-electron chi connectivity index (χ3n) is 2.51. The zero-order valence-electron chi connectivity index (χ0n) is 9.14. The maximum atomic E-state index is 12.0. The fourth-order valence-corrected chi connectivity index (χ4v) is 3.73. The van der Waals surface area contributed by atoms with Gasteiger partial charge in [0.1, 0.15) is 0 Å². The number of thiophene rings is 2. The van der Waals surface area contributed by atoms with Gasteiger partial charge in [-0.2, -0.15) is 0 Å². The summed E-state index contributed by atoms with van der Waals surface area (Å²) in [4.78, 5) is 12.7. The molecular formula is C13H8BrNOS2. The Labute approximate surface area is 120 Å². The molecule has 1 N–H and O–H groups in total. The van der Waals surface area contributed by atoms with Crippen LogP contribution >= 0.6 is 38.6 Å². The Bertz CT molecular complexity index is 716. The molecule has 0 radical (unpaired) electrons. The van der Waals surface area contributed by atoms with Crippen LogP contribution < -0.4 is 5.32 Å². The predicted molar refractivity (Wildman–Crippen MR) is 81.8 cm³/mol. The lowest BCUT2D eigenvalue weighted by atomic mass is 10.2. The van der Waals surface area contributed by atoms with Crippen LogP contribution in [0.15, 0.2) is 45.6 Å². The van der Waals surface area contributed by atoms with E-state index in [-0.39, 0.29) is 5.91 Å². The summed E-state index contributed by atoms with van der Waals surface area (Å²) in [6, 6.07) is 11.7. The van der Waals surface area contributed by atoms with E-state index in [9.17, 15) is 4.79 Å². The number of nitrogens with one attached hydrogen (secondary N) is 1. The van der Waals surface area contributed by atoms with Gasteiger partial charge in [0.2, 0.25) is 0 Å². The highest BCUT2D eigenvalue weighted by molar-refractivity contribution is 9.11. The van der Waals surface area contributed by atoms with Gasteiger partial charge in [-0.1, -0.05) is 0 Å². The monoisotopic (exact) mass is 337 g/mol. The minimum absolute atomic E-state index is 0.0692. The minimum Gasteiger partial charge on any atom is -0.321 e. The van der Waals surface area contributed by atoms with Crippen molar-refractivity contribution >= 4 is 60.3 Å². The van der Waals surface area contributed by atoms with Crippen LogP contribution in [0.1, 0.15) is 9.67 Å². The summed E-state index contributed by atoms with van der Waals surface area (Å²) >= 11 is 6.48. The van der Waals surface area contributed by atoms with E-state index in [1.165, 1.54) is 16.0 Å². The molecule has 2 aromatic heterocycles. The molecule has 2 nitrogen and oxygen atoms in total. The van der Waals surface area contributed by atoms with Gasteiger partial charge in [-0.05, 0) is 63.1 Å². The number of carbonyl (C=O) groups excluding carboxylic acids is 1. The van der Waals surface area contributed by atoms with Crippen LogP contribution in [-0.2, 0) is 0 Å². The Balaban J connectivity index is 1.85. The summed E-state index contributed by atoms with van der Waals surface area (Å²) in [6.07, 6.45) is 0. The van der Waals surface area contributed by atoms with Crippen LogP contribution in [0.2, 0.25) is 0 Å². The molecular weight excluding hydrogens is 330 g/mol. The van der Waals surface area contributed by atoms with Crippen LogP contribution in [0.4, 0.5) is 5.69 Å². The van der Waals surface area contributed by atoms with Crippen LogP contribution in [0, 0.1) is 0 Å². The smallest absolute Gasteiger partial charge is 0.265 e. The van der Waals surface area contributed by atoms with Crippen molar-refractivity contribution in [2.45, 2.75) is 0 Å². The number of hydrogen-bond donors (Lipinski definition) is 1. The Hall–Kier alpha value is -1.17. The SMILES string of the molecule is O=C(Nc1ccc2sccc2c1)c1ccc(Br)s1. The maximum Gasteiger partial charge on any atom is 0.265 e. The van der Waals surface area contributed by atoms with E-state index in [4.69, 9.17) is 0 Å². The topological polar surface area (TPSA) is 29.1 Å². The van der Waals surface area contributed by atoms with Crippen LogP contribution in [0.25, 0.3) is 10.1 Å². The molecule has 2 heterocycles. The predicted octanol–water partition coefficient (Wildman–Crippen LogP) is 4.98. The van der Waals surface area contributed by atoms with Gasteiger partial charge in [-0.3, -0.25) is 4.79 Å². The number of rotatable bonds is 2. The van der Waals surface area contributed by atoms with E-state index in [0.29, 0.717) is 4.88 Å². The van der Waals surface area contributed by atoms with Crippen molar-refractivity contribution in [3.8, 4) is 0 Å². The molecule has 1 amide bonds. The first kappa shape index (κ1) is 11.9. The Morgan fingerprint density at radius 2 is 2.06 bits per heavy atom. The van der Waals surface area contributed by atoms with Gasteiger partial charge in [0.05, 0.1) is 8.66 Å². The summed E-state index contributed by atoms with van der Waals surface area (Å²) in [5.74, 6) is -0.0692. The summed E-state index contributed by atoms with van der Waals surface area (Å²) in [5, 5.41) is 6.11. The average Bonchev–Trinajstić information content (AvgIpc) is 2.96. The molecule has 0 saturated carbocycles. The summed E-state index contributed by atoms with van der Waals surface area (Å²) < 4.78 is 2.19. The van der Waals surface area contributed by atoms with Crippen molar-refractivity contribution in [3.63, 3.8) is 0 Å². The van der Waals surface area contributed by atoms with E-state index >= 15 is 0 Å². The summed E-state index contributed by atoms with van der Waals surface area (Å²) in [7, 11) is 0. The van der Waals surface area contributed by atoms with Gasteiger partial charge < -0.3 is 5.32 Å². The van der Waals surface area contributed by atoms with Gasteiger partial charge in [0.15, 0.2) is 0 Å². The molecule has 3 aromatic rings. The molecule has 0 aliphatic rings. The lowest BCUT2D eigenvalue weighted by Gasteiger charge is -2.03. The first-order valence-corrected chi connectivity index (χ1v) is 7.75. The third kappa shape index (κ3) is 2.34. The lowest BCUT2D eigenvalue weighted by molar-refractivity contribution is 0.103. The highest BCUT2D eigenvalue weighted by atomic mass is 79.9. The molecule has 0 fully saturated rings. The molecule has 0 saturated heterocycles. The number of amides is 1. The molecule has 3 rings (SSSR count). The second kappa shape index (κ2) is 4.84. The van der Waals surface area contributed by atoms with E-state index in [0.717, 1.165) is 14.9 Å². The molecule has 0 atom stereocenters. The normalized spacial score (nSPS) is 10.7. The summed E-state index contributed by atoms with van der Waals surface area (Å²) in [5.41, 5.74) is 0.829. The molecule has 0 aliphatic carbocycles. The fraction of sp³-hybridized carbons (Fsp3) is 0. The highest BCUT2D eigenvalue weighted by Gasteiger charge is 2.09. The van der Waals surface area contributed by atoms with Crippen LogP contribution in [-0.4, -0.2) is 5.91 Å². The number of benzene rings is 1. The molecule has 5 heteroatoms. The number of fused-ring (bicyclic) bond motifs is 1. The largest absolute Gasteiger partial charge is 0.321 e. The quantitative estimate of drug-likeness (QED) is 0.702. The second-order valence-electron chi connectivity index (χ2n) is 3.73. The van der Waals surface area contributed by atoms with Gasteiger partial charge in [-0.25, -0.2) is 0 Å². The number of carbonyl (C=O) groups is 1. The third-order valence-corrected chi connectivity index (χ3v) is 5.03. The minimum atomic E-state index is -0.0692. The maximum absolute atomic E-state index is 12.0. The summed E-state index contributed by atoms with van der Waals surface area (Å²) in [6.45, 7) is 0. The molecule has 0 spiro atoms. The van der Waals surface area contributed by atoms with Gasteiger partial charge in [0.25, 0.3) is 5.91 Å². The van der Waals surface area contributed by atoms with E-state index in [2.05, 4.69) is 27.3 Å². The van der Waals surface area contributed by atoms with Gasteiger partial charge in [-0.15, -0.1) is 22.7 Å². The van der Waals surface area contributed by atoms with Crippen molar-refractivity contribution in [3.05, 3.63) is 50.4 Å². The van der Waals surface area contributed by atoms with E-state index in [1.54, 1.807) is 11.3 Å². The zero-order chi connectivity index (χ0) is 12.5. The Morgan fingerprint density at radius 3 is 2.83 bits per heavy atom. The molecule has 18 heavy (non-hydrogen) atoms. The molecule has 0 aliphatic heterocycles. The van der Waals surface area contributed by atoms with E-state index < -0.39 is 0 Å². The average molecular weight is 338 g/mol. The lowest BCUT2D eigenvalue weighted by Crippen LogP contribution is -2.09. The number of hydrogen-bond acceptors (Lipinski definition) is 3. The van der Waals surface area contributed by atoms with Crippen molar-refractivity contribution in [2.24, 2.45) is 0 Å². The van der Waals surface area contributed by atoms with Crippen molar-refractivity contribution < 1.29 is 4.79 Å². The number of anilines is 1. The second-order valence-corrected chi connectivity index (χ2v) is 7.14. The van der Waals surface area contributed by atoms with Crippen molar-refractivity contribution in [2.75, 3.05) is 5.32 Å². The first-order valence-electron chi connectivity index (χ1n) is 5.26.